The molecule has 1 aromatic carbocycles. The molecular formula is C22H29N5O. The van der Waals surface area contributed by atoms with E-state index in [2.05, 4.69) is 44.5 Å². The Bertz CT molecular complexity index is 778. The molecule has 6 heteroatoms. The van der Waals surface area contributed by atoms with E-state index in [1.165, 1.54) is 37.8 Å². The number of piperidine rings is 1. The Morgan fingerprint density at radius 3 is 2.18 bits per heavy atom. The van der Waals surface area contributed by atoms with Gasteiger partial charge in [0, 0.05) is 43.8 Å². The van der Waals surface area contributed by atoms with Gasteiger partial charge in [-0.1, -0.05) is 12.8 Å². The topological polar surface area (TPSA) is 61.4 Å². The number of rotatable bonds is 4. The molecule has 0 unspecified atom stereocenters. The molecular weight excluding hydrogens is 350 g/mol. The van der Waals surface area contributed by atoms with Crippen LogP contribution in [0.15, 0.2) is 36.5 Å². The lowest BCUT2D eigenvalue weighted by molar-refractivity contribution is 0.0755. The summed E-state index contributed by atoms with van der Waals surface area (Å²) in [4.78, 5) is 25.9. The molecule has 0 radical (unpaired) electrons. The van der Waals surface area contributed by atoms with E-state index in [1.807, 2.05) is 4.90 Å². The number of carbonyl (C=O) groups is 1. The molecule has 28 heavy (non-hydrogen) atoms. The van der Waals surface area contributed by atoms with E-state index < -0.39 is 0 Å². The third-order valence-corrected chi connectivity index (χ3v) is 5.61. The first-order chi connectivity index (χ1) is 13.8. The number of benzene rings is 1. The maximum atomic E-state index is 12.8. The zero-order valence-corrected chi connectivity index (χ0v) is 16.4. The van der Waals surface area contributed by atoms with Gasteiger partial charge in [0.1, 0.15) is 5.69 Å². The van der Waals surface area contributed by atoms with Gasteiger partial charge in [0.15, 0.2) is 0 Å². The molecule has 0 bridgehead atoms. The molecule has 2 fully saturated rings. The number of anilines is 3. The normalized spacial score (nSPS) is 17.9. The van der Waals surface area contributed by atoms with Gasteiger partial charge >= 0.3 is 0 Å². The number of aromatic nitrogens is 2. The summed E-state index contributed by atoms with van der Waals surface area (Å²) in [5.74, 6) is 0.471. The highest BCUT2D eigenvalue weighted by Gasteiger charge is 2.19. The number of amides is 1. The van der Waals surface area contributed by atoms with Gasteiger partial charge in [-0.3, -0.25) is 4.79 Å². The molecule has 2 aliphatic rings. The Kier molecular flexibility index (Phi) is 6.04. The highest BCUT2D eigenvalue weighted by Crippen LogP contribution is 2.23. The molecule has 2 saturated heterocycles. The van der Waals surface area contributed by atoms with Crippen molar-refractivity contribution in [3.8, 4) is 0 Å². The first kappa shape index (κ1) is 18.7. The maximum absolute atomic E-state index is 12.8. The molecule has 1 aromatic heterocycles. The average Bonchev–Trinajstić information content (AvgIpc) is 3.04. The van der Waals surface area contributed by atoms with Crippen molar-refractivity contribution >= 4 is 23.2 Å². The Balaban J connectivity index is 1.42. The first-order valence-corrected chi connectivity index (χ1v) is 10.5. The Hall–Kier alpha value is -2.63. The van der Waals surface area contributed by atoms with Gasteiger partial charge in [-0.15, -0.1) is 0 Å². The molecule has 2 aliphatic heterocycles. The van der Waals surface area contributed by atoms with Crippen molar-refractivity contribution < 1.29 is 4.79 Å². The van der Waals surface area contributed by atoms with Crippen molar-refractivity contribution in [2.75, 3.05) is 36.4 Å². The minimum absolute atomic E-state index is 0.00722. The SMILES string of the molecule is O=C(c1ccnc(Nc2ccc(N3CCCCC3)cc2)n1)N1CCCCCC1. The summed E-state index contributed by atoms with van der Waals surface area (Å²) in [6, 6.07) is 10.1. The molecule has 0 atom stereocenters. The van der Waals surface area contributed by atoms with Crippen molar-refractivity contribution in [1.82, 2.24) is 14.9 Å². The first-order valence-electron chi connectivity index (χ1n) is 10.5. The lowest BCUT2D eigenvalue weighted by Crippen LogP contribution is -2.32. The van der Waals surface area contributed by atoms with Crippen molar-refractivity contribution in [1.29, 1.82) is 0 Å². The van der Waals surface area contributed by atoms with Crippen LogP contribution < -0.4 is 10.2 Å². The molecule has 0 aliphatic carbocycles. The minimum atomic E-state index is 0.00722. The van der Waals surface area contributed by atoms with E-state index in [0.717, 1.165) is 44.7 Å². The predicted molar refractivity (Wildman–Crippen MR) is 112 cm³/mol. The van der Waals surface area contributed by atoms with E-state index in [0.29, 0.717) is 11.6 Å². The summed E-state index contributed by atoms with van der Waals surface area (Å²) >= 11 is 0. The largest absolute Gasteiger partial charge is 0.372 e. The summed E-state index contributed by atoms with van der Waals surface area (Å²) in [7, 11) is 0. The lowest BCUT2D eigenvalue weighted by atomic mass is 10.1. The Morgan fingerprint density at radius 1 is 0.821 bits per heavy atom. The highest BCUT2D eigenvalue weighted by atomic mass is 16.2. The van der Waals surface area contributed by atoms with Crippen LogP contribution >= 0.6 is 0 Å². The lowest BCUT2D eigenvalue weighted by Gasteiger charge is -2.28. The molecule has 148 valence electrons. The minimum Gasteiger partial charge on any atom is -0.372 e. The summed E-state index contributed by atoms with van der Waals surface area (Å²) in [5.41, 5.74) is 2.65. The van der Waals surface area contributed by atoms with Gasteiger partial charge in [0.2, 0.25) is 5.95 Å². The van der Waals surface area contributed by atoms with Crippen LogP contribution in [0.1, 0.15) is 55.4 Å². The van der Waals surface area contributed by atoms with Crippen LogP contribution in [0.4, 0.5) is 17.3 Å². The van der Waals surface area contributed by atoms with Crippen LogP contribution in [-0.4, -0.2) is 47.0 Å². The maximum Gasteiger partial charge on any atom is 0.272 e. The van der Waals surface area contributed by atoms with E-state index in [1.54, 1.807) is 12.3 Å². The zero-order valence-electron chi connectivity index (χ0n) is 16.4. The van der Waals surface area contributed by atoms with Gasteiger partial charge in [0.25, 0.3) is 5.91 Å². The second kappa shape index (κ2) is 9.04. The van der Waals surface area contributed by atoms with Gasteiger partial charge < -0.3 is 15.1 Å². The van der Waals surface area contributed by atoms with E-state index in [9.17, 15) is 4.79 Å². The molecule has 6 nitrogen and oxygen atoms in total. The molecule has 3 heterocycles. The number of hydrogen-bond acceptors (Lipinski definition) is 5. The summed E-state index contributed by atoms with van der Waals surface area (Å²) in [6.07, 6.45) is 10.1. The van der Waals surface area contributed by atoms with Crippen molar-refractivity contribution in [3.63, 3.8) is 0 Å². The van der Waals surface area contributed by atoms with Crippen molar-refractivity contribution in [2.24, 2.45) is 0 Å². The predicted octanol–water partition coefficient (Wildman–Crippen LogP) is 4.23. The second-order valence-corrected chi connectivity index (χ2v) is 7.69. The van der Waals surface area contributed by atoms with Crippen LogP contribution in [0.3, 0.4) is 0 Å². The highest BCUT2D eigenvalue weighted by molar-refractivity contribution is 5.92. The van der Waals surface area contributed by atoms with Crippen LogP contribution in [0, 0.1) is 0 Å². The Labute approximate surface area is 167 Å². The van der Waals surface area contributed by atoms with Crippen molar-refractivity contribution in [2.45, 2.75) is 44.9 Å². The number of carbonyl (C=O) groups excluding carboxylic acids is 1. The van der Waals surface area contributed by atoms with Crippen molar-refractivity contribution in [3.05, 3.63) is 42.2 Å². The summed E-state index contributed by atoms with van der Waals surface area (Å²) < 4.78 is 0. The smallest absolute Gasteiger partial charge is 0.272 e. The van der Waals surface area contributed by atoms with Gasteiger partial charge in [0.05, 0.1) is 0 Å². The number of likely N-dealkylation sites (tertiary alicyclic amines) is 1. The zero-order chi connectivity index (χ0) is 19.2. The third-order valence-electron chi connectivity index (χ3n) is 5.61. The standard InChI is InChI=1S/C22H29N5O/c28-21(27-16-4-1-2-5-17-27)20-12-13-23-22(25-20)24-18-8-10-19(11-9-18)26-14-6-3-7-15-26/h8-13H,1-7,14-17H2,(H,23,24,25). The van der Waals surface area contributed by atoms with E-state index in [-0.39, 0.29) is 5.91 Å². The van der Waals surface area contributed by atoms with Gasteiger partial charge in [-0.25, -0.2) is 9.97 Å². The fourth-order valence-electron chi connectivity index (χ4n) is 4.01. The average molecular weight is 380 g/mol. The Morgan fingerprint density at radius 2 is 1.46 bits per heavy atom. The quantitative estimate of drug-likeness (QED) is 0.861. The molecule has 1 amide bonds. The number of nitrogens with zero attached hydrogens (tertiary/aromatic N) is 4. The van der Waals surface area contributed by atoms with Crippen LogP contribution in [-0.2, 0) is 0 Å². The van der Waals surface area contributed by atoms with E-state index in [4.69, 9.17) is 0 Å². The fourth-order valence-corrected chi connectivity index (χ4v) is 4.01. The number of nitrogens with one attached hydrogen (secondary N) is 1. The molecule has 0 saturated carbocycles. The summed E-state index contributed by atoms with van der Waals surface area (Å²) in [6.45, 7) is 3.92. The molecule has 0 spiro atoms. The molecule has 2 aromatic rings. The van der Waals surface area contributed by atoms with E-state index >= 15 is 0 Å². The monoisotopic (exact) mass is 379 g/mol. The second-order valence-electron chi connectivity index (χ2n) is 7.69. The summed E-state index contributed by atoms with van der Waals surface area (Å²) in [5, 5.41) is 3.23. The molecule has 1 N–H and O–H groups in total. The van der Waals surface area contributed by atoms with Gasteiger partial charge in [-0.2, -0.15) is 0 Å². The molecule has 4 rings (SSSR count). The number of hydrogen-bond donors (Lipinski definition) is 1. The van der Waals surface area contributed by atoms with Gasteiger partial charge in [-0.05, 0) is 62.4 Å². The van der Waals surface area contributed by atoms with Crippen LogP contribution in [0.5, 0.6) is 0 Å². The fraction of sp³-hybridized carbons (Fsp3) is 0.500. The third kappa shape index (κ3) is 4.61. The van der Waals surface area contributed by atoms with Crippen LogP contribution in [0.2, 0.25) is 0 Å². The van der Waals surface area contributed by atoms with Crippen LogP contribution in [0.25, 0.3) is 0 Å².